The number of carbonyl (C=O) groups is 2. The number of benzene rings is 2. The van der Waals surface area contributed by atoms with E-state index in [9.17, 15) is 9.59 Å². The molecule has 0 saturated carbocycles. The minimum atomic E-state index is -0.847. The van der Waals surface area contributed by atoms with Crippen LogP contribution in [0.3, 0.4) is 0 Å². The Hall–Kier alpha value is -2.82. The smallest absolute Gasteiger partial charge is 0.333 e. The summed E-state index contributed by atoms with van der Waals surface area (Å²) in [5.41, 5.74) is 1.30. The van der Waals surface area contributed by atoms with Gasteiger partial charge in [-0.2, -0.15) is 0 Å². The fourth-order valence-corrected chi connectivity index (χ4v) is 1.86. The maximum absolute atomic E-state index is 12.0. The zero-order chi connectivity index (χ0) is 15.1. The number of hydrogen-bond donors (Lipinski definition) is 2. The van der Waals surface area contributed by atoms with E-state index in [4.69, 9.17) is 4.74 Å². The SMILES string of the molecule is COC(=O)[C@H](NC(=O)Nc1ccccc1)c1ccccc1. The molecule has 0 aromatic heterocycles. The van der Waals surface area contributed by atoms with Crippen molar-refractivity contribution in [2.24, 2.45) is 0 Å². The Morgan fingerprint density at radius 3 is 2.10 bits per heavy atom. The average Bonchev–Trinajstić information content (AvgIpc) is 2.53. The number of amides is 2. The number of para-hydroxylation sites is 1. The normalized spacial score (nSPS) is 11.3. The highest BCUT2D eigenvalue weighted by Gasteiger charge is 2.23. The van der Waals surface area contributed by atoms with Gasteiger partial charge in [-0.25, -0.2) is 9.59 Å². The van der Waals surface area contributed by atoms with Crippen LogP contribution in [0, 0.1) is 0 Å². The topological polar surface area (TPSA) is 67.4 Å². The van der Waals surface area contributed by atoms with Crippen molar-refractivity contribution in [2.75, 3.05) is 12.4 Å². The van der Waals surface area contributed by atoms with Gasteiger partial charge in [0.15, 0.2) is 6.04 Å². The standard InChI is InChI=1S/C16H16N2O3/c1-21-15(19)14(12-8-4-2-5-9-12)18-16(20)17-13-10-6-3-7-11-13/h2-11,14H,1H3,(H2,17,18,20)/t14-/m1/s1. The summed E-state index contributed by atoms with van der Waals surface area (Å²) in [6.07, 6.45) is 0. The largest absolute Gasteiger partial charge is 0.467 e. The van der Waals surface area contributed by atoms with Crippen LogP contribution in [-0.4, -0.2) is 19.1 Å². The zero-order valence-electron chi connectivity index (χ0n) is 11.6. The monoisotopic (exact) mass is 284 g/mol. The van der Waals surface area contributed by atoms with Crippen LogP contribution in [0.25, 0.3) is 0 Å². The van der Waals surface area contributed by atoms with Crippen molar-refractivity contribution in [2.45, 2.75) is 6.04 Å². The summed E-state index contributed by atoms with van der Waals surface area (Å²) in [5, 5.41) is 5.27. The fourth-order valence-electron chi connectivity index (χ4n) is 1.86. The van der Waals surface area contributed by atoms with E-state index in [1.807, 2.05) is 24.3 Å². The van der Waals surface area contributed by atoms with Gasteiger partial charge >= 0.3 is 12.0 Å². The molecular weight excluding hydrogens is 268 g/mol. The number of ether oxygens (including phenoxy) is 1. The van der Waals surface area contributed by atoms with Crippen LogP contribution in [0.1, 0.15) is 11.6 Å². The van der Waals surface area contributed by atoms with Crippen molar-refractivity contribution in [3.8, 4) is 0 Å². The highest BCUT2D eigenvalue weighted by molar-refractivity contribution is 5.92. The summed E-state index contributed by atoms with van der Waals surface area (Å²) in [7, 11) is 1.29. The van der Waals surface area contributed by atoms with E-state index in [-0.39, 0.29) is 0 Å². The van der Waals surface area contributed by atoms with Gasteiger partial charge in [0.2, 0.25) is 0 Å². The number of esters is 1. The van der Waals surface area contributed by atoms with Crippen LogP contribution < -0.4 is 10.6 Å². The van der Waals surface area contributed by atoms with Crippen molar-refractivity contribution < 1.29 is 14.3 Å². The van der Waals surface area contributed by atoms with Gasteiger partial charge in [-0.05, 0) is 17.7 Å². The minimum Gasteiger partial charge on any atom is -0.467 e. The summed E-state index contributed by atoms with van der Waals surface area (Å²) in [5.74, 6) is -0.524. The molecule has 0 aliphatic rings. The second-order valence-electron chi connectivity index (χ2n) is 4.33. The van der Waals surface area contributed by atoms with Crippen LogP contribution in [0.4, 0.5) is 10.5 Å². The van der Waals surface area contributed by atoms with Crippen LogP contribution in [0.15, 0.2) is 60.7 Å². The second-order valence-corrected chi connectivity index (χ2v) is 4.33. The number of hydrogen-bond acceptors (Lipinski definition) is 3. The molecule has 2 rings (SSSR count). The Kier molecular flexibility index (Phi) is 4.93. The van der Waals surface area contributed by atoms with Crippen molar-refractivity contribution in [3.63, 3.8) is 0 Å². The summed E-state index contributed by atoms with van der Waals surface area (Å²) >= 11 is 0. The van der Waals surface area contributed by atoms with Crippen LogP contribution in [0.2, 0.25) is 0 Å². The lowest BCUT2D eigenvalue weighted by molar-refractivity contribution is -0.143. The molecule has 0 aliphatic carbocycles. The first kappa shape index (κ1) is 14.6. The first-order chi connectivity index (χ1) is 10.2. The zero-order valence-corrected chi connectivity index (χ0v) is 11.6. The van der Waals surface area contributed by atoms with E-state index >= 15 is 0 Å². The molecule has 1 atom stereocenters. The van der Waals surface area contributed by atoms with E-state index < -0.39 is 18.0 Å². The molecule has 0 heterocycles. The Labute approximate surface area is 122 Å². The van der Waals surface area contributed by atoms with Crippen molar-refractivity contribution in [1.29, 1.82) is 0 Å². The molecule has 2 aromatic rings. The van der Waals surface area contributed by atoms with E-state index in [0.717, 1.165) is 0 Å². The van der Waals surface area contributed by atoms with Crippen molar-refractivity contribution in [1.82, 2.24) is 5.32 Å². The van der Waals surface area contributed by atoms with Gasteiger partial charge < -0.3 is 15.4 Å². The lowest BCUT2D eigenvalue weighted by Crippen LogP contribution is -2.37. The highest BCUT2D eigenvalue weighted by atomic mass is 16.5. The predicted molar refractivity (Wildman–Crippen MR) is 79.8 cm³/mol. The number of urea groups is 1. The molecule has 0 radical (unpaired) electrons. The highest BCUT2D eigenvalue weighted by Crippen LogP contribution is 2.14. The quantitative estimate of drug-likeness (QED) is 0.848. The molecule has 108 valence electrons. The maximum Gasteiger partial charge on any atom is 0.333 e. The molecule has 0 saturated heterocycles. The number of anilines is 1. The Morgan fingerprint density at radius 2 is 1.52 bits per heavy atom. The Bertz CT molecular complexity index is 599. The van der Waals surface area contributed by atoms with E-state index in [0.29, 0.717) is 11.3 Å². The van der Waals surface area contributed by atoms with Crippen LogP contribution in [0.5, 0.6) is 0 Å². The van der Waals surface area contributed by atoms with Crippen molar-refractivity contribution in [3.05, 3.63) is 66.2 Å². The molecule has 2 amide bonds. The van der Waals surface area contributed by atoms with E-state index in [1.165, 1.54) is 7.11 Å². The summed E-state index contributed by atoms with van der Waals surface area (Å²) in [6.45, 7) is 0. The molecule has 5 heteroatoms. The fraction of sp³-hybridized carbons (Fsp3) is 0.125. The van der Waals surface area contributed by atoms with Gasteiger partial charge in [0.25, 0.3) is 0 Å². The lowest BCUT2D eigenvalue weighted by Gasteiger charge is -2.17. The van der Waals surface area contributed by atoms with E-state index in [2.05, 4.69) is 10.6 Å². The lowest BCUT2D eigenvalue weighted by atomic mass is 10.1. The van der Waals surface area contributed by atoms with Gasteiger partial charge in [0.1, 0.15) is 0 Å². The minimum absolute atomic E-state index is 0.472. The molecule has 5 nitrogen and oxygen atoms in total. The second kappa shape index (κ2) is 7.09. The molecule has 0 bridgehead atoms. The Balaban J connectivity index is 2.09. The maximum atomic E-state index is 12.0. The van der Waals surface area contributed by atoms with Gasteiger partial charge in [0.05, 0.1) is 7.11 Å². The molecule has 0 spiro atoms. The predicted octanol–water partition coefficient (Wildman–Crippen LogP) is 2.72. The third-order valence-electron chi connectivity index (χ3n) is 2.88. The number of rotatable bonds is 4. The van der Waals surface area contributed by atoms with Crippen molar-refractivity contribution >= 4 is 17.7 Å². The molecule has 2 N–H and O–H groups in total. The molecule has 0 aliphatic heterocycles. The molecule has 0 unspecified atom stereocenters. The molecule has 21 heavy (non-hydrogen) atoms. The Morgan fingerprint density at radius 1 is 0.952 bits per heavy atom. The van der Waals surface area contributed by atoms with Crippen LogP contribution in [-0.2, 0) is 9.53 Å². The molecule has 2 aromatic carbocycles. The summed E-state index contributed by atoms with van der Waals surface area (Å²) in [6, 6.07) is 16.6. The molecular formula is C16H16N2O3. The third kappa shape index (κ3) is 4.07. The number of carbonyl (C=O) groups excluding carboxylic acids is 2. The van der Waals surface area contributed by atoms with Gasteiger partial charge in [-0.1, -0.05) is 48.5 Å². The average molecular weight is 284 g/mol. The van der Waals surface area contributed by atoms with Gasteiger partial charge in [-0.15, -0.1) is 0 Å². The first-order valence-electron chi connectivity index (χ1n) is 6.46. The number of nitrogens with one attached hydrogen (secondary N) is 2. The van der Waals surface area contributed by atoms with Gasteiger partial charge in [-0.3, -0.25) is 0 Å². The van der Waals surface area contributed by atoms with E-state index in [1.54, 1.807) is 36.4 Å². The summed E-state index contributed by atoms with van der Waals surface area (Å²) < 4.78 is 4.74. The van der Waals surface area contributed by atoms with Crippen LogP contribution >= 0.6 is 0 Å². The first-order valence-corrected chi connectivity index (χ1v) is 6.46. The number of methoxy groups -OCH3 is 1. The summed E-state index contributed by atoms with van der Waals surface area (Å²) in [4.78, 5) is 23.8. The third-order valence-corrected chi connectivity index (χ3v) is 2.88. The van der Waals surface area contributed by atoms with Gasteiger partial charge in [0, 0.05) is 5.69 Å². The molecule has 0 fully saturated rings.